The van der Waals surface area contributed by atoms with E-state index in [4.69, 9.17) is 10.5 Å². The molecule has 1 aromatic rings. The fourth-order valence-corrected chi connectivity index (χ4v) is 3.08. The van der Waals surface area contributed by atoms with Crippen molar-refractivity contribution in [3.8, 4) is 5.75 Å². The second-order valence-electron chi connectivity index (χ2n) is 6.55. The minimum Gasteiger partial charge on any atom is -0.492 e. The van der Waals surface area contributed by atoms with Gasteiger partial charge in [0.2, 0.25) is 5.91 Å². The number of nitrogens with two attached hydrogens (primary N) is 1. The fraction of sp³-hybridized carbons (Fsp3) is 0.611. The smallest absolute Gasteiger partial charge is 0.223 e. The average Bonchev–Trinajstić information content (AvgIpc) is 3.01. The molecular weight excluding hydrogens is 290 g/mol. The Hall–Kier alpha value is -1.59. The number of hydrogen-bond donors (Lipinski definition) is 2. The van der Waals surface area contributed by atoms with Gasteiger partial charge >= 0.3 is 0 Å². The van der Waals surface area contributed by atoms with Crippen LogP contribution in [0.3, 0.4) is 0 Å². The Labute approximate surface area is 139 Å². The second-order valence-corrected chi connectivity index (χ2v) is 6.55. The van der Waals surface area contributed by atoms with Crippen molar-refractivity contribution in [1.82, 2.24) is 10.2 Å². The molecule has 0 unspecified atom stereocenters. The summed E-state index contributed by atoms with van der Waals surface area (Å²) in [5.74, 6) is 1.41. The number of nitrogens with one attached hydrogen (secondary N) is 1. The largest absolute Gasteiger partial charge is 0.492 e. The van der Waals surface area contributed by atoms with E-state index in [2.05, 4.69) is 10.2 Å². The maximum absolute atomic E-state index is 12.3. The molecule has 1 saturated carbocycles. The first-order chi connectivity index (χ1) is 11.1. The summed E-state index contributed by atoms with van der Waals surface area (Å²) in [4.78, 5) is 14.4. The highest BCUT2D eigenvalue weighted by molar-refractivity contribution is 5.79. The Morgan fingerprint density at radius 3 is 2.96 bits per heavy atom. The normalized spacial score (nSPS) is 20.7. The molecule has 0 bridgehead atoms. The van der Waals surface area contributed by atoms with Crippen molar-refractivity contribution in [1.29, 1.82) is 0 Å². The first-order valence-electron chi connectivity index (χ1n) is 8.44. The van der Waals surface area contributed by atoms with Crippen LogP contribution in [0.4, 0.5) is 0 Å². The Bertz CT molecular complexity index is 505. The van der Waals surface area contributed by atoms with E-state index in [1.165, 1.54) is 0 Å². The van der Waals surface area contributed by atoms with E-state index in [-0.39, 0.29) is 11.8 Å². The van der Waals surface area contributed by atoms with E-state index in [9.17, 15) is 4.79 Å². The van der Waals surface area contributed by atoms with Gasteiger partial charge in [-0.25, -0.2) is 0 Å². The highest BCUT2D eigenvalue weighted by Crippen LogP contribution is 2.31. The molecular formula is C18H29N3O2. The molecule has 0 aliphatic heterocycles. The minimum absolute atomic E-state index is 0.0829. The Balaban J connectivity index is 1.82. The van der Waals surface area contributed by atoms with Crippen LogP contribution in [0, 0.1) is 11.8 Å². The average molecular weight is 319 g/mol. The highest BCUT2D eigenvalue weighted by Gasteiger charge is 2.31. The molecule has 0 aromatic heterocycles. The number of nitrogens with zero attached hydrogens (tertiary/aromatic N) is 1. The quantitative estimate of drug-likeness (QED) is 0.764. The fourth-order valence-electron chi connectivity index (χ4n) is 3.08. The van der Waals surface area contributed by atoms with Crippen molar-refractivity contribution >= 4 is 5.91 Å². The number of carbonyl (C=O) groups is 1. The van der Waals surface area contributed by atoms with Crippen LogP contribution in [0.5, 0.6) is 5.75 Å². The lowest BCUT2D eigenvalue weighted by Gasteiger charge is -2.17. The van der Waals surface area contributed by atoms with Crippen molar-refractivity contribution in [2.24, 2.45) is 17.6 Å². The summed E-state index contributed by atoms with van der Waals surface area (Å²) in [5, 5.41) is 3.05. The number of ether oxygens (including phenoxy) is 1. The molecule has 0 spiro atoms. The monoisotopic (exact) mass is 319 g/mol. The Kier molecular flexibility index (Phi) is 6.86. The van der Waals surface area contributed by atoms with Gasteiger partial charge in [0, 0.05) is 19.0 Å². The summed E-state index contributed by atoms with van der Waals surface area (Å²) in [7, 11) is 4.04. The van der Waals surface area contributed by atoms with Crippen LogP contribution in [0.25, 0.3) is 0 Å². The molecule has 1 aliphatic rings. The first kappa shape index (κ1) is 17.8. The molecule has 0 saturated heterocycles. The van der Waals surface area contributed by atoms with Crippen molar-refractivity contribution in [2.75, 3.05) is 33.8 Å². The van der Waals surface area contributed by atoms with Crippen LogP contribution in [0.15, 0.2) is 24.3 Å². The zero-order valence-electron chi connectivity index (χ0n) is 14.3. The molecule has 5 heteroatoms. The predicted octanol–water partition coefficient (Wildman–Crippen LogP) is 1.62. The molecule has 2 atom stereocenters. The zero-order valence-corrected chi connectivity index (χ0v) is 14.3. The van der Waals surface area contributed by atoms with E-state index in [1.807, 2.05) is 38.4 Å². The lowest BCUT2D eigenvalue weighted by molar-refractivity contribution is -0.126. The summed E-state index contributed by atoms with van der Waals surface area (Å²) >= 11 is 0. The van der Waals surface area contributed by atoms with Crippen LogP contribution in [0.2, 0.25) is 0 Å². The molecule has 0 radical (unpaired) electrons. The number of benzene rings is 1. The molecule has 1 aliphatic carbocycles. The molecule has 0 heterocycles. The van der Waals surface area contributed by atoms with E-state index < -0.39 is 0 Å². The molecule has 128 valence electrons. The molecule has 1 amide bonds. The van der Waals surface area contributed by atoms with Crippen LogP contribution < -0.4 is 15.8 Å². The van der Waals surface area contributed by atoms with Gasteiger partial charge in [-0.2, -0.15) is 0 Å². The highest BCUT2D eigenvalue weighted by atomic mass is 16.5. The minimum atomic E-state index is 0.0829. The molecule has 2 rings (SSSR count). The number of carbonyl (C=O) groups excluding carboxylic acids is 1. The van der Waals surface area contributed by atoms with Gasteiger partial charge in [-0.3, -0.25) is 4.79 Å². The van der Waals surface area contributed by atoms with Crippen LogP contribution in [0.1, 0.15) is 24.8 Å². The SMILES string of the molecule is CN(C)CCOc1cccc(CNC(=O)[C@@H]2CCC[C@@H]2CN)c1. The van der Waals surface area contributed by atoms with Gasteiger partial charge in [0.1, 0.15) is 12.4 Å². The standard InChI is InChI=1S/C18H29N3O2/c1-21(2)9-10-23-16-7-3-5-14(11-16)13-20-18(22)17-8-4-6-15(17)12-19/h3,5,7,11,15,17H,4,6,8-10,12-13,19H2,1-2H3,(H,20,22)/t15-,17-/m1/s1. The summed E-state index contributed by atoms with van der Waals surface area (Å²) in [6, 6.07) is 7.91. The van der Waals surface area contributed by atoms with E-state index >= 15 is 0 Å². The Morgan fingerprint density at radius 1 is 1.39 bits per heavy atom. The third-order valence-corrected chi connectivity index (χ3v) is 4.47. The summed E-state index contributed by atoms with van der Waals surface area (Å²) in [6.07, 6.45) is 3.14. The topological polar surface area (TPSA) is 67.6 Å². The van der Waals surface area contributed by atoms with Gasteiger partial charge in [0.25, 0.3) is 0 Å². The van der Waals surface area contributed by atoms with E-state index in [0.717, 1.165) is 37.1 Å². The van der Waals surface area contributed by atoms with Gasteiger partial charge < -0.3 is 20.7 Å². The number of amides is 1. The first-order valence-corrected chi connectivity index (χ1v) is 8.44. The zero-order chi connectivity index (χ0) is 16.7. The number of likely N-dealkylation sites (N-methyl/N-ethyl adjacent to an activating group) is 1. The third kappa shape index (κ3) is 5.52. The predicted molar refractivity (Wildman–Crippen MR) is 92.2 cm³/mol. The van der Waals surface area contributed by atoms with Crippen molar-refractivity contribution < 1.29 is 9.53 Å². The molecule has 5 nitrogen and oxygen atoms in total. The lowest BCUT2D eigenvalue weighted by Crippen LogP contribution is -2.34. The van der Waals surface area contributed by atoms with Gasteiger partial charge in [0.05, 0.1) is 0 Å². The summed E-state index contributed by atoms with van der Waals surface area (Å²) in [5.41, 5.74) is 6.82. The van der Waals surface area contributed by atoms with Crippen molar-refractivity contribution in [3.05, 3.63) is 29.8 Å². The molecule has 3 N–H and O–H groups in total. The maximum atomic E-state index is 12.3. The summed E-state index contributed by atoms with van der Waals surface area (Å²) in [6.45, 7) is 2.68. The third-order valence-electron chi connectivity index (χ3n) is 4.47. The number of hydrogen-bond acceptors (Lipinski definition) is 4. The number of rotatable bonds is 8. The van der Waals surface area contributed by atoms with E-state index in [1.54, 1.807) is 0 Å². The van der Waals surface area contributed by atoms with Gasteiger partial charge in [-0.1, -0.05) is 18.6 Å². The second kappa shape index (κ2) is 8.89. The maximum Gasteiger partial charge on any atom is 0.223 e. The molecule has 1 fully saturated rings. The van der Waals surface area contributed by atoms with Crippen LogP contribution >= 0.6 is 0 Å². The Morgan fingerprint density at radius 2 is 2.22 bits per heavy atom. The molecule has 1 aromatic carbocycles. The van der Waals surface area contributed by atoms with Gasteiger partial charge in [0.15, 0.2) is 0 Å². The van der Waals surface area contributed by atoms with E-state index in [0.29, 0.717) is 25.6 Å². The van der Waals surface area contributed by atoms with Gasteiger partial charge in [-0.15, -0.1) is 0 Å². The van der Waals surface area contributed by atoms with Crippen LogP contribution in [-0.2, 0) is 11.3 Å². The molecule has 23 heavy (non-hydrogen) atoms. The lowest BCUT2D eigenvalue weighted by atomic mass is 9.95. The van der Waals surface area contributed by atoms with Crippen molar-refractivity contribution in [2.45, 2.75) is 25.8 Å². The van der Waals surface area contributed by atoms with Crippen molar-refractivity contribution in [3.63, 3.8) is 0 Å². The summed E-state index contributed by atoms with van der Waals surface area (Å²) < 4.78 is 5.73. The van der Waals surface area contributed by atoms with Crippen LogP contribution in [-0.4, -0.2) is 44.6 Å². The van der Waals surface area contributed by atoms with Gasteiger partial charge in [-0.05, 0) is 57.1 Å².